The Morgan fingerprint density at radius 3 is 2.30 bits per heavy atom. The summed E-state index contributed by atoms with van der Waals surface area (Å²) in [6.07, 6.45) is 0.442. The highest BCUT2D eigenvalue weighted by Gasteiger charge is 2.11. The first-order chi connectivity index (χ1) is 12.9. The van der Waals surface area contributed by atoms with Gasteiger partial charge >= 0.3 is 5.97 Å². The fourth-order valence-electron chi connectivity index (χ4n) is 2.25. The van der Waals surface area contributed by atoms with Crippen LogP contribution >= 0.6 is 11.8 Å². The molecule has 0 fully saturated rings. The zero-order valence-electron chi connectivity index (χ0n) is 15.4. The molecule has 0 aliphatic carbocycles. The van der Waals surface area contributed by atoms with Gasteiger partial charge in [-0.05, 0) is 42.3 Å². The predicted octanol–water partition coefficient (Wildman–Crippen LogP) is 4.19. The van der Waals surface area contributed by atoms with E-state index in [2.05, 4.69) is 5.32 Å². The third-order valence-corrected chi connectivity index (χ3v) is 4.53. The lowest BCUT2D eigenvalue weighted by Gasteiger charge is -2.08. The summed E-state index contributed by atoms with van der Waals surface area (Å²) >= 11 is 1.36. The molecular weight excluding hydrogens is 362 g/mol. The van der Waals surface area contributed by atoms with E-state index in [9.17, 15) is 14.4 Å². The molecule has 0 aliphatic heterocycles. The highest BCUT2D eigenvalue weighted by molar-refractivity contribution is 8.00. The molecule has 2 aromatic carbocycles. The molecule has 27 heavy (non-hydrogen) atoms. The van der Waals surface area contributed by atoms with Crippen LogP contribution in [0.5, 0.6) is 0 Å². The van der Waals surface area contributed by atoms with Crippen molar-refractivity contribution in [3.05, 3.63) is 60.2 Å². The lowest BCUT2D eigenvalue weighted by atomic mass is 10.1. The van der Waals surface area contributed by atoms with Gasteiger partial charge in [0.1, 0.15) is 0 Å². The number of rotatable bonds is 9. The van der Waals surface area contributed by atoms with Crippen LogP contribution in [0.1, 0.15) is 30.6 Å². The Hall–Kier alpha value is -2.60. The number of Topliss-reactive ketones (excluding diaryl/α,β-unsaturated/α-hetero) is 1. The number of esters is 1. The smallest absolute Gasteiger partial charge is 0.316 e. The first kappa shape index (κ1) is 20.7. The van der Waals surface area contributed by atoms with E-state index in [-0.39, 0.29) is 30.0 Å². The normalized spacial score (nSPS) is 10.5. The van der Waals surface area contributed by atoms with E-state index < -0.39 is 5.97 Å². The second kappa shape index (κ2) is 10.5. The number of hydrogen-bond acceptors (Lipinski definition) is 5. The Bertz CT molecular complexity index is 773. The van der Waals surface area contributed by atoms with Crippen molar-refractivity contribution < 1.29 is 19.1 Å². The number of hydrogen-bond donors (Lipinski definition) is 1. The second-order valence-electron chi connectivity index (χ2n) is 6.41. The van der Waals surface area contributed by atoms with E-state index in [4.69, 9.17) is 4.74 Å². The molecule has 1 N–H and O–H groups in total. The first-order valence-corrected chi connectivity index (χ1v) is 9.69. The average Bonchev–Trinajstić information content (AvgIpc) is 2.65. The lowest BCUT2D eigenvalue weighted by molar-refractivity contribution is -0.139. The molecule has 0 spiro atoms. The SMILES string of the molecule is CC(C)CC(=O)Nc1ccc(C(=O)COC(=O)CSc2ccccc2)cc1. The fourth-order valence-corrected chi connectivity index (χ4v) is 2.97. The molecular formula is C21H23NO4S. The summed E-state index contributed by atoms with van der Waals surface area (Å²) in [5.74, 6) is -0.351. The molecule has 0 radical (unpaired) electrons. The van der Waals surface area contributed by atoms with Gasteiger partial charge in [0, 0.05) is 22.6 Å². The minimum absolute atomic E-state index is 0.0612. The van der Waals surface area contributed by atoms with Crippen LogP contribution in [0.4, 0.5) is 5.69 Å². The molecule has 0 aromatic heterocycles. The highest BCUT2D eigenvalue weighted by Crippen LogP contribution is 2.17. The Balaban J connectivity index is 1.76. The number of ketones is 1. The predicted molar refractivity (Wildman–Crippen MR) is 107 cm³/mol. The number of thioether (sulfide) groups is 1. The summed E-state index contributed by atoms with van der Waals surface area (Å²) < 4.78 is 5.04. The van der Waals surface area contributed by atoms with Crippen molar-refractivity contribution in [1.82, 2.24) is 0 Å². The van der Waals surface area contributed by atoms with E-state index >= 15 is 0 Å². The summed E-state index contributed by atoms with van der Waals surface area (Å²) in [5.41, 5.74) is 1.06. The van der Waals surface area contributed by atoms with E-state index in [1.807, 2.05) is 44.2 Å². The molecule has 0 atom stereocenters. The maximum atomic E-state index is 12.1. The maximum absolute atomic E-state index is 12.1. The molecule has 0 aliphatic rings. The largest absolute Gasteiger partial charge is 0.457 e. The van der Waals surface area contributed by atoms with Crippen LogP contribution in [0.3, 0.4) is 0 Å². The van der Waals surface area contributed by atoms with Gasteiger partial charge in [-0.1, -0.05) is 32.0 Å². The summed E-state index contributed by atoms with van der Waals surface area (Å²) in [4.78, 5) is 36.6. The van der Waals surface area contributed by atoms with E-state index in [0.29, 0.717) is 17.7 Å². The van der Waals surface area contributed by atoms with Crippen LogP contribution in [-0.4, -0.2) is 30.0 Å². The van der Waals surface area contributed by atoms with Gasteiger partial charge in [-0.25, -0.2) is 0 Å². The third-order valence-electron chi connectivity index (χ3n) is 3.55. The van der Waals surface area contributed by atoms with Crippen LogP contribution in [0, 0.1) is 5.92 Å². The lowest BCUT2D eigenvalue weighted by Crippen LogP contribution is -2.16. The number of ether oxygens (including phenoxy) is 1. The van der Waals surface area contributed by atoms with Crippen molar-refractivity contribution in [2.45, 2.75) is 25.2 Å². The molecule has 0 unspecified atom stereocenters. The molecule has 142 valence electrons. The van der Waals surface area contributed by atoms with Gasteiger partial charge in [0.25, 0.3) is 0 Å². The van der Waals surface area contributed by atoms with Gasteiger partial charge in [-0.3, -0.25) is 14.4 Å². The van der Waals surface area contributed by atoms with E-state index in [1.165, 1.54) is 11.8 Å². The van der Waals surface area contributed by atoms with Crippen LogP contribution in [-0.2, 0) is 14.3 Å². The van der Waals surface area contributed by atoms with E-state index in [1.54, 1.807) is 24.3 Å². The second-order valence-corrected chi connectivity index (χ2v) is 7.46. The van der Waals surface area contributed by atoms with Crippen molar-refractivity contribution in [2.75, 3.05) is 17.7 Å². The quantitative estimate of drug-likeness (QED) is 0.398. The molecule has 0 heterocycles. The summed E-state index contributed by atoms with van der Waals surface area (Å²) in [6.45, 7) is 3.65. The summed E-state index contributed by atoms with van der Waals surface area (Å²) in [7, 11) is 0. The topological polar surface area (TPSA) is 72.5 Å². The van der Waals surface area contributed by atoms with E-state index in [0.717, 1.165) is 4.90 Å². The molecule has 5 nitrogen and oxygen atoms in total. The van der Waals surface area contributed by atoms with Crippen molar-refractivity contribution in [2.24, 2.45) is 5.92 Å². The van der Waals surface area contributed by atoms with Crippen LogP contribution in [0.25, 0.3) is 0 Å². The van der Waals surface area contributed by atoms with Gasteiger partial charge < -0.3 is 10.1 Å². The van der Waals surface area contributed by atoms with Crippen molar-refractivity contribution in [3.8, 4) is 0 Å². The van der Waals surface area contributed by atoms with Crippen molar-refractivity contribution >= 4 is 35.1 Å². The van der Waals surface area contributed by atoms with Crippen molar-refractivity contribution in [1.29, 1.82) is 0 Å². The minimum Gasteiger partial charge on any atom is -0.457 e. The zero-order valence-corrected chi connectivity index (χ0v) is 16.3. The van der Waals surface area contributed by atoms with Gasteiger partial charge in [-0.15, -0.1) is 11.8 Å². The van der Waals surface area contributed by atoms with Gasteiger partial charge in [0.2, 0.25) is 5.91 Å². The van der Waals surface area contributed by atoms with Crippen LogP contribution < -0.4 is 5.32 Å². The molecule has 1 amide bonds. The molecule has 6 heteroatoms. The van der Waals surface area contributed by atoms with Gasteiger partial charge in [0.15, 0.2) is 12.4 Å². The summed E-state index contributed by atoms with van der Waals surface area (Å²) in [6, 6.07) is 16.1. The Morgan fingerprint density at radius 2 is 1.67 bits per heavy atom. The average molecular weight is 385 g/mol. The standard InChI is InChI=1S/C21H23NO4S/c1-15(2)12-20(24)22-17-10-8-16(9-11-17)19(23)13-26-21(25)14-27-18-6-4-3-5-7-18/h3-11,15H,12-14H2,1-2H3,(H,22,24). The number of anilines is 1. The number of carbonyl (C=O) groups is 3. The molecule has 0 bridgehead atoms. The third kappa shape index (κ3) is 7.66. The minimum atomic E-state index is -0.435. The first-order valence-electron chi connectivity index (χ1n) is 8.70. The zero-order chi connectivity index (χ0) is 19.6. The van der Waals surface area contributed by atoms with Crippen LogP contribution in [0.2, 0.25) is 0 Å². The Morgan fingerprint density at radius 1 is 1.00 bits per heavy atom. The Labute approximate surface area is 163 Å². The summed E-state index contributed by atoms with van der Waals surface area (Å²) in [5, 5.41) is 2.78. The molecule has 0 saturated heterocycles. The van der Waals surface area contributed by atoms with Gasteiger partial charge in [-0.2, -0.15) is 0 Å². The number of carbonyl (C=O) groups excluding carboxylic acids is 3. The monoisotopic (exact) mass is 385 g/mol. The highest BCUT2D eigenvalue weighted by atomic mass is 32.2. The molecule has 2 aromatic rings. The Kier molecular flexibility index (Phi) is 8.07. The fraction of sp³-hybridized carbons (Fsp3) is 0.286. The number of amides is 1. The van der Waals surface area contributed by atoms with Crippen molar-refractivity contribution in [3.63, 3.8) is 0 Å². The number of nitrogens with one attached hydrogen (secondary N) is 1. The van der Waals surface area contributed by atoms with Gasteiger partial charge in [0.05, 0.1) is 5.75 Å². The molecule has 0 saturated carbocycles. The number of benzene rings is 2. The van der Waals surface area contributed by atoms with Crippen LogP contribution in [0.15, 0.2) is 59.5 Å². The maximum Gasteiger partial charge on any atom is 0.316 e. The molecule has 2 rings (SSSR count).